The third-order valence-corrected chi connectivity index (χ3v) is 4.26. The van der Waals surface area contributed by atoms with Gasteiger partial charge in [0.05, 0.1) is 23.7 Å². The molecule has 2 heterocycles. The van der Waals surface area contributed by atoms with Crippen molar-refractivity contribution in [2.45, 2.75) is 38.4 Å². The topological polar surface area (TPSA) is 97.4 Å². The van der Waals surface area contributed by atoms with Gasteiger partial charge in [0, 0.05) is 24.5 Å². The molecule has 20 heavy (non-hydrogen) atoms. The van der Waals surface area contributed by atoms with Crippen molar-refractivity contribution < 1.29 is 18.0 Å². The van der Waals surface area contributed by atoms with Crippen LogP contribution in [-0.2, 0) is 29.7 Å². The Morgan fingerprint density at radius 1 is 1.45 bits per heavy atom. The summed E-state index contributed by atoms with van der Waals surface area (Å²) in [4.78, 5) is 0.128. The van der Waals surface area contributed by atoms with Crippen molar-refractivity contribution in [3.63, 3.8) is 0 Å². The predicted molar refractivity (Wildman–Crippen MR) is 71.3 cm³/mol. The first-order chi connectivity index (χ1) is 9.46. The van der Waals surface area contributed by atoms with Crippen molar-refractivity contribution in [1.82, 2.24) is 14.4 Å². The van der Waals surface area contributed by atoms with Gasteiger partial charge in [-0.25, -0.2) is 13.1 Å². The maximum atomic E-state index is 12.1. The molecule has 7 nitrogen and oxygen atoms in total. The summed E-state index contributed by atoms with van der Waals surface area (Å²) in [5, 5.41) is 12.9. The molecule has 0 saturated heterocycles. The van der Waals surface area contributed by atoms with Crippen molar-refractivity contribution in [2.75, 3.05) is 0 Å². The number of aryl methyl sites for hydroxylation is 2. The quantitative estimate of drug-likeness (QED) is 0.821. The average molecular weight is 299 g/mol. The first kappa shape index (κ1) is 14.8. The number of aliphatic hydroxyl groups excluding tert-OH is 1. The SMILES string of the molecule is CCn1cc(S(=O)(=O)NCc2cc(C)on2)cc1CO. The second-order valence-electron chi connectivity index (χ2n) is 4.36. The number of nitrogens with one attached hydrogen (secondary N) is 1. The summed E-state index contributed by atoms with van der Waals surface area (Å²) in [6.07, 6.45) is 1.50. The Bertz CT molecular complexity index is 666. The molecule has 0 bridgehead atoms. The van der Waals surface area contributed by atoms with Gasteiger partial charge in [-0.15, -0.1) is 0 Å². The molecule has 0 aliphatic rings. The summed E-state index contributed by atoms with van der Waals surface area (Å²) in [5.41, 5.74) is 1.08. The minimum Gasteiger partial charge on any atom is -0.390 e. The van der Waals surface area contributed by atoms with Crippen molar-refractivity contribution in [3.05, 3.63) is 35.5 Å². The lowest BCUT2D eigenvalue weighted by molar-refractivity contribution is 0.271. The lowest BCUT2D eigenvalue weighted by Gasteiger charge is -2.02. The smallest absolute Gasteiger partial charge is 0.242 e. The van der Waals surface area contributed by atoms with Gasteiger partial charge < -0.3 is 14.2 Å². The lowest BCUT2D eigenvalue weighted by Crippen LogP contribution is -2.23. The Hall–Kier alpha value is -1.64. The molecule has 0 aliphatic heterocycles. The van der Waals surface area contributed by atoms with E-state index in [-0.39, 0.29) is 18.0 Å². The Balaban J connectivity index is 2.15. The summed E-state index contributed by atoms with van der Waals surface area (Å²) in [6, 6.07) is 3.12. The molecule has 0 aliphatic carbocycles. The van der Waals surface area contributed by atoms with Crippen LogP contribution in [0.1, 0.15) is 24.1 Å². The zero-order valence-electron chi connectivity index (χ0n) is 11.3. The summed E-state index contributed by atoms with van der Waals surface area (Å²) in [6.45, 7) is 4.06. The van der Waals surface area contributed by atoms with Crippen LogP contribution in [0.2, 0.25) is 0 Å². The largest absolute Gasteiger partial charge is 0.390 e. The molecule has 2 N–H and O–H groups in total. The molecule has 0 amide bonds. The van der Waals surface area contributed by atoms with E-state index < -0.39 is 10.0 Å². The van der Waals surface area contributed by atoms with E-state index in [1.54, 1.807) is 17.6 Å². The van der Waals surface area contributed by atoms with Gasteiger partial charge in [0.2, 0.25) is 10.0 Å². The van der Waals surface area contributed by atoms with Crippen LogP contribution in [-0.4, -0.2) is 23.2 Å². The van der Waals surface area contributed by atoms with Crippen LogP contribution in [0.4, 0.5) is 0 Å². The van der Waals surface area contributed by atoms with Crippen LogP contribution < -0.4 is 4.72 Å². The highest BCUT2D eigenvalue weighted by Gasteiger charge is 2.18. The average Bonchev–Trinajstić information content (AvgIpc) is 3.02. The van der Waals surface area contributed by atoms with Crippen LogP contribution in [0.25, 0.3) is 0 Å². The summed E-state index contributed by atoms with van der Waals surface area (Å²) < 4.78 is 33.3. The highest BCUT2D eigenvalue weighted by Crippen LogP contribution is 2.15. The number of nitrogens with zero attached hydrogens (tertiary/aromatic N) is 2. The number of hydrogen-bond acceptors (Lipinski definition) is 5. The van der Waals surface area contributed by atoms with E-state index in [1.807, 2.05) is 6.92 Å². The molecule has 0 fully saturated rings. The van der Waals surface area contributed by atoms with E-state index in [4.69, 9.17) is 4.52 Å². The molecule has 0 unspecified atom stereocenters. The summed E-state index contributed by atoms with van der Waals surface area (Å²) in [7, 11) is -3.63. The van der Waals surface area contributed by atoms with Gasteiger partial charge in [0.25, 0.3) is 0 Å². The van der Waals surface area contributed by atoms with Crippen LogP contribution >= 0.6 is 0 Å². The van der Waals surface area contributed by atoms with E-state index in [0.717, 1.165) is 0 Å². The fourth-order valence-corrected chi connectivity index (χ4v) is 2.91. The zero-order valence-corrected chi connectivity index (χ0v) is 12.1. The van der Waals surface area contributed by atoms with Gasteiger partial charge in [-0.2, -0.15) is 0 Å². The van der Waals surface area contributed by atoms with Crippen molar-refractivity contribution in [3.8, 4) is 0 Å². The van der Waals surface area contributed by atoms with Crippen LogP contribution in [0, 0.1) is 6.92 Å². The summed E-state index contributed by atoms with van der Waals surface area (Å²) in [5.74, 6) is 0.624. The van der Waals surface area contributed by atoms with E-state index in [2.05, 4.69) is 9.88 Å². The Labute approximate surface area is 117 Å². The number of hydrogen-bond donors (Lipinski definition) is 2. The van der Waals surface area contributed by atoms with E-state index in [0.29, 0.717) is 23.7 Å². The van der Waals surface area contributed by atoms with Crippen molar-refractivity contribution >= 4 is 10.0 Å². The van der Waals surface area contributed by atoms with Crippen LogP contribution in [0.5, 0.6) is 0 Å². The van der Waals surface area contributed by atoms with E-state index >= 15 is 0 Å². The van der Waals surface area contributed by atoms with Gasteiger partial charge in [-0.05, 0) is 19.9 Å². The van der Waals surface area contributed by atoms with Crippen LogP contribution in [0.3, 0.4) is 0 Å². The molecule has 2 aromatic heterocycles. The molecule has 8 heteroatoms. The third-order valence-electron chi connectivity index (χ3n) is 2.89. The monoisotopic (exact) mass is 299 g/mol. The number of sulfonamides is 1. The molecule has 0 saturated carbocycles. The standard InChI is InChI=1S/C12H17N3O4S/c1-3-15-7-12(5-11(15)8-16)20(17,18)13-6-10-4-9(2)19-14-10/h4-5,7,13,16H,3,6,8H2,1-2H3. The van der Waals surface area contributed by atoms with E-state index in [9.17, 15) is 13.5 Å². The molecule has 2 rings (SSSR count). The zero-order chi connectivity index (χ0) is 14.8. The summed E-state index contributed by atoms with van der Waals surface area (Å²) >= 11 is 0. The van der Waals surface area contributed by atoms with Crippen molar-refractivity contribution in [2.24, 2.45) is 0 Å². The minimum absolute atomic E-state index is 0.0609. The highest BCUT2D eigenvalue weighted by molar-refractivity contribution is 7.89. The minimum atomic E-state index is -3.63. The molecule has 2 aromatic rings. The second kappa shape index (κ2) is 5.78. The van der Waals surface area contributed by atoms with Gasteiger partial charge in [-0.1, -0.05) is 5.16 Å². The van der Waals surface area contributed by atoms with Gasteiger partial charge in [0.1, 0.15) is 5.76 Å². The van der Waals surface area contributed by atoms with Crippen LogP contribution in [0.15, 0.2) is 27.7 Å². The third kappa shape index (κ3) is 3.09. The molecule has 0 spiro atoms. The van der Waals surface area contributed by atoms with Crippen molar-refractivity contribution in [1.29, 1.82) is 0 Å². The fraction of sp³-hybridized carbons (Fsp3) is 0.417. The Morgan fingerprint density at radius 3 is 2.70 bits per heavy atom. The molecule has 110 valence electrons. The highest BCUT2D eigenvalue weighted by atomic mass is 32.2. The Kier molecular flexibility index (Phi) is 4.26. The molecular weight excluding hydrogens is 282 g/mol. The fourth-order valence-electron chi connectivity index (χ4n) is 1.85. The normalized spacial score (nSPS) is 11.9. The Morgan fingerprint density at radius 2 is 2.20 bits per heavy atom. The molecule has 0 radical (unpaired) electrons. The molecule has 0 aromatic carbocycles. The first-order valence-electron chi connectivity index (χ1n) is 6.18. The number of aliphatic hydroxyl groups is 1. The van der Waals surface area contributed by atoms with Gasteiger partial charge in [0.15, 0.2) is 0 Å². The maximum Gasteiger partial charge on any atom is 0.242 e. The molecular formula is C12H17N3O4S. The predicted octanol–water partition coefficient (Wildman–Crippen LogP) is 0.775. The number of aromatic nitrogens is 2. The maximum absolute atomic E-state index is 12.1. The molecule has 0 atom stereocenters. The van der Waals surface area contributed by atoms with Gasteiger partial charge in [-0.3, -0.25) is 0 Å². The second-order valence-corrected chi connectivity index (χ2v) is 6.13. The lowest BCUT2D eigenvalue weighted by atomic mass is 10.4. The number of rotatable bonds is 6. The first-order valence-corrected chi connectivity index (χ1v) is 7.66. The van der Waals surface area contributed by atoms with Gasteiger partial charge >= 0.3 is 0 Å². The van der Waals surface area contributed by atoms with E-state index in [1.165, 1.54) is 12.3 Å².